The third kappa shape index (κ3) is 4.29. The molecule has 0 atom stereocenters. The van der Waals surface area contributed by atoms with Crippen LogP contribution in [-0.2, 0) is 16.4 Å². The fraction of sp³-hybridized carbons (Fsp3) is 0.250. The van der Waals surface area contributed by atoms with Gasteiger partial charge in [-0.3, -0.25) is 14.8 Å². The van der Waals surface area contributed by atoms with Crippen LogP contribution >= 0.6 is 0 Å². The van der Waals surface area contributed by atoms with Crippen molar-refractivity contribution in [1.82, 2.24) is 0 Å². The number of rotatable bonds is 6. The van der Waals surface area contributed by atoms with Gasteiger partial charge in [-0.05, 0) is 42.2 Å². The molecule has 2 aromatic carbocycles. The Kier molecular flexibility index (Phi) is 5.18. The van der Waals surface area contributed by atoms with Crippen molar-refractivity contribution in [2.24, 2.45) is 5.92 Å². The Morgan fingerprint density at radius 3 is 2.33 bits per heavy atom. The van der Waals surface area contributed by atoms with Gasteiger partial charge in [0, 0.05) is 6.07 Å². The molecule has 0 aromatic heterocycles. The molecule has 0 aliphatic heterocycles. The second-order valence-corrected chi connectivity index (χ2v) is 7.45. The Hall–Kier alpha value is -2.48. The Bertz CT molecular complexity index is 849. The van der Waals surface area contributed by atoms with E-state index in [0.29, 0.717) is 5.92 Å². The van der Waals surface area contributed by atoms with Crippen molar-refractivity contribution in [3.63, 3.8) is 0 Å². The number of benzene rings is 2. The Morgan fingerprint density at radius 1 is 1.17 bits per heavy atom. The zero-order valence-electron chi connectivity index (χ0n) is 13.2. The van der Waals surface area contributed by atoms with Crippen LogP contribution in [0.4, 0.5) is 15.8 Å². The number of anilines is 1. The van der Waals surface area contributed by atoms with E-state index in [1.807, 2.05) is 0 Å². The monoisotopic (exact) mass is 352 g/mol. The van der Waals surface area contributed by atoms with Gasteiger partial charge in [0.25, 0.3) is 10.0 Å². The summed E-state index contributed by atoms with van der Waals surface area (Å²) in [5.74, 6) is -0.577. The van der Waals surface area contributed by atoms with E-state index in [1.54, 1.807) is 12.1 Å². The number of nitro groups is 1. The molecule has 6 nitrogen and oxygen atoms in total. The van der Waals surface area contributed by atoms with Crippen LogP contribution < -0.4 is 4.72 Å². The molecule has 0 spiro atoms. The minimum Gasteiger partial charge on any atom is -0.279 e. The van der Waals surface area contributed by atoms with Gasteiger partial charge in [0.15, 0.2) is 0 Å². The summed E-state index contributed by atoms with van der Waals surface area (Å²) in [7, 11) is -3.91. The standard InChI is InChI=1S/C16H17FN2O4S/c1-11(2)9-12-3-6-14(7-4-12)24(22,23)18-13-5-8-15(17)16(10-13)19(20)21/h3-8,10-11,18H,9H2,1-2H3. The highest BCUT2D eigenvalue weighted by Gasteiger charge is 2.19. The SMILES string of the molecule is CC(C)Cc1ccc(S(=O)(=O)Nc2ccc(F)c([N+](=O)[O-])c2)cc1. The van der Waals surface area contributed by atoms with Gasteiger partial charge in [-0.1, -0.05) is 26.0 Å². The molecule has 2 aromatic rings. The molecule has 128 valence electrons. The molecule has 1 N–H and O–H groups in total. The van der Waals surface area contributed by atoms with Gasteiger partial charge in [0.1, 0.15) is 0 Å². The quantitative estimate of drug-likeness (QED) is 0.633. The summed E-state index contributed by atoms with van der Waals surface area (Å²) in [6.45, 7) is 4.13. The molecular weight excluding hydrogens is 335 g/mol. The topological polar surface area (TPSA) is 89.3 Å². The van der Waals surface area contributed by atoms with Crippen molar-refractivity contribution >= 4 is 21.4 Å². The summed E-state index contributed by atoms with van der Waals surface area (Å²) in [5.41, 5.74) is 0.151. The molecule has 0 radical (unpaired) electrons. The van der Waals surface area contributed by atoms with Crippen LogP contribution in [-0.4, -0.2) is 13.3 Å². The smallest absolute Gasteiger partial charge is 0.279 e. The van der Waals surface area contributed by atoms with Gasteiger partial charge in [-0.15, -0.1) is 0 Å². The van der Waals surface area contributed by atoms with Crippen LogP contribution in [0.2, 0.25) is 0 Å². The van der Waals surface area contributed by atoms with Crippen molar-refractivity contribution in [2.75, 3.05) is 4.72 Å². The van der Waals surface area contributed by atoms with Crippen LogP contribution in [0.15, 0.2) is 47.4 Å². The van der Waals surface area contributed by atoms with Crippen LogP contribution in [0.1, 0.15) is 19.4 Å². The van der Waals surface area contributed by atoms with Crippen LogP contribution in [0.5, 0.6) is 0 Å². The lowest BCUT2D eigenvalue weighted by molar-refractivity contribution is -0.387. The number of nitrogens with one attached hydrogen (secondary N) is 1. The lowest BCUT2D eigenvalue weighted by Crippen LogP contribution is -2.13. The predicted molar refractivity (Wildman–Crippen MR) is 88.8 cm³/mol. The highest BCUT2D eigenvalue weighted by atomic mass is 32.2. The summed E-state index contributed by atoms with van der Waals surface area (Å²) >= 11 is 0. The maximum absolute atomic E-state index is 13.3. The number of hydrogen-bond donors (Lipinski definition) is 1. The lowest BCUT2D eigenvalue weighted by atomic mass is 10.0. The molecule has 0 unspecified atom stereocenters. The fourth-order valence-corrected chi connectivity index (χ4v) is 3.26. The van der Waals surface area contributed by atoms with Gasteiger partial charge in [-0.2, -0.15) is 4.39 Å². The summed E-state index contributed by atoms with van der Waals surface area (Å²) in [6.07, 6.45) is 0.831. The van der Waals surface area contributed by atoms with E-state index in [-0.39, 0.29) is 10.6 Å². The molecule has 0 amide bonds. The fourth-order valence-electron chi connectivity index (χ4n) is 2.21. The zero-order valence-corrected chi connectivity index (χ0v) is 14.0. The van der Waals surface area contributed by atoms with Crippen molar-refractivity contribution < 1.29 is 17.7 Å². The normalized spacial score (nSPS) is 11.5. The van der Waals surface area contributed by atoms with Gasteiger partial charge in [0.2, 0.25) is 5.82 Å². The highest BCUT2D eigenvalue weighted by molar-refractivity contribution is 7.92. The van der Waals surface area contributed by atoms with Crippen molar-refractivity contribution in [3.8, 4) is 0 Å². The molecular formula is C16H17FN2O4S. The summed E-state index contributed by atoms with van der Waals surface area (Å²) in [4.78, 5) is 9.84. The summed E-state index contributed by atoms with van der Waals surface area (Å²) in [5, 5.41) is 10.7. The van der Waals surface area contributed by atoms with E-state index in [2.05, 4.69) is 18.6 Å². The maximum Gasteiger partial charge on any atom is 0.306 e. The second kappa shape index (κ2) is 6.96. The first kappa shape index (κ1) is 17.9. The van der Waals surface area contributed by atoms with E-state index in [1.165, 1.54) is 12.1 Å². The predicted octanol–water partition coefficient (Wildman–Crippen LogP) is 3.73. The Labute approximate surface area is 139 Å². The summed E-state index contributed by atoms with van der Waals surface area (Å²) < 4.78 is 40.2. The minimum atomic E-state index is -3.91. The average molecular weight is 352 g/mol. The number of halogens is 1. The van der Waals surface area contributed by atoms with E-state index in [0.717, 1.165) is 30.2 Å². The van der Waals surface area contributed by atoms with Crippen LogP contribution in [0, 0.1) is 21.8 Å². The number of sulfonamides is 1. The molecule has 0 heterocycles. The van der Waals surface area contributed by atoms with Crippen molar-refractivity contribution in [1.29, 1.82) is 0 Å². The number of hydrogen-bond acceptors (Lipinski definition) is 4. The lowest BCUT2D eigenvalue weighted by Gasteiger charge is -2.10. The molecule has 24 heavy (non-hydrogen) atoms. The van der Waals surface area contributed by atoms with E-state index in [9.17, 15) is 22.9 Å². The van der Waals surface area contributed by atoms with Crippen molar-refractivity contribution in [3.05, 3.63) is 64.0 Å². The van der Waals surface area contributed by atoms with Crippen LogP contribution in [0.25, 0.3) is 0 Å². The Balaban J connectivity index is 2.25. The molecule has 0 fully saturated rings. The zero-order chi connectivity index (χ0) is 17.9. The van der Waals surface area contributed by atoms with Gasteiger partial charge in [0.05, 0.1) is 15.5 Å². The van der Waals surface area contributed by atoms with Crippen molar-refractivity contribution in [2.45, 2.75) is 25.2 Å². The third-order valence-electron chi connectivity index (χ3n) is 3.27. The second-order valence-electron chi connectivity index (χ2n) is 5.77. The van der Waals surface area contributed by atoms with E-state index < -0.39 is 26.5 Å². The number of nitrogens with zero attached hydrogens (tertiary/aromatic N) is 1. The van der Waals surface area contributed by atoms with Gasteiger partial charge < -0.3 is 0 Å². The molecule has 0 aliphatic carbocycles. The largest absolute Gasteiger partial charge is 0.306 e. The van der Waals surface area contributed by atoms with E-state index in [4.69, 9.17) is 0 Å². The first-order chi connectivity index (χ1) is 11.2. The van der Waals surface area contributed by atoms with Gasteiger partial charge >= 0.3 is 5.69 Å². The molecule has 2 rings (SSSR count). The molecule has 0 aliphatic rings. The summed E-state index contributed by atoms with van der Waals surface area (Å²) in [6, 6.07) is 9.22. The van der Waals surface area contributed by atoms with E-state index >= 15 is 0 Å². The molecule has 0 saturated carbocycles. The molecule has 0 bridgehead atoms. The first-order valence-corrected chi connectivity index (χ1v) is 8.73. The van der Waals surface area contributed by atoms with Gasteiger partial charge in [-0.25, -0.2) is 8.42 Å². The highest BCUT2D eigenvalue weighted by Crippen LogP contribution is 2.24. The molecule has 0 saturated heterocycles. The number of nitro benzene ring substituents is 1. The minimum absolute atomic E-state index is 0.0296. The average Bonchev–Trinajstić information content (AvgIpc) is 2.48. The molecule has 8 heteroatoms. The third-order valence-corrected chi connectivity index (χ3v) is 4.67. The maximum atomic E-state index is 13.3. The first-order valence-electron chi connectivity index (χ1n) is 7.25. The van der Waals surface area contributed by atoms with Crippen LogP contribution in [0.3, 0.4) is 0 Å². The Morgan fingerprint density at radius 2 is 1.79 bits per heavy atom.